The molecular formula is C19H21IN2O4. The van der Waals surface area contributed by atoms with Crippen LogP contribution in [0.3, 0.4) is 0 Å². The summed E-state index contributed by atoms with van der Waals surface area (Å²) >= 11 is 2.09. The van der Waals surface area contributed by atoms with E-state index in [0.29, 0.717) is 30.2 Å². The first-order valence-corrected chi connectivity index (χ1v) is 9.13. The van der Waals surface area contributed by atoms with E-state index in [9.17, 15) is 9.59 Å². The minimum atomic E-state index is -0.262. The van der Waals surface area contributed by atoms with Crippen LogP contribution in [0.2, 0.25) is 0 Å². The predicted molar refractivity (Wildman–Crippen MR) is 108 cm³/mol. The molecule has 138 valence electrons. The molecular weight excluding hydrogens is 447 g/mol. The number of rotatable bonds is 8. The topological polar surface area (TPSA) is 67.9 Å². The predicted octanol–water partition coefficient (Wildman–Crippen LogP) is 2.57. The van der Waals surface area contributed by atoms with Gasteiger partial charge in [0.05, 0.1) is 25.8 Å². The zero-order valence-electron chi connectivity index (χ0n) is 14.7. The Balaban J connectivity index is 1.77. The van der Waals surface area contributed by atoms with E-state index in [-0.39, 0.29) is 18.4 Å². The summed E-state index contributed by atoms with van der Waals surface area (Å²) in [6, 6.07) is 14.6. The Bertz CT molecular complexity index is 767. The molecule has 6 nitrogen and oxygen atoms in total. The van der Waals surface area contributed by atoms with Gasteiger partial charge in [-0.2, -0.15) is 0 Å². The van der Waals surface area contributed by atoms with Crippen molar-refractivity contribution in [2.75, 3.05) is 33.9 Å². The quantitative estimate of drug-likeness (QED) is 0.605. The smallest absolute Gasteiger partial charge is 0.252 e. The van der Waals surface area contributed by atoms with Crippen molar-refractivity contribution in [1.29, 1.82) is 0 Å². The lowest BCUT2D eigenvalue weighted by Crippen LogP contribution is -2.39. The molecule has 7 heteroatoms. The van der Waals surface area contributed by atoms with E-state index in [1.165, 1.54) is 4.90 Å². The number of hydrogen-bond donors (Lipinski definition) is 1. The van der Waals surface area contributed by atoms with Gasteiger partial charge in [-0.15, -0.1) is 0 Å². The third kappa shape index (κ3) is 5.62. The highest BCUT2D eigenvalue weighted by Gasteiger charge is 2.13. The van der Waals surface area contributed by atoms with E-state index in [2.05, 4.69) is 27.9 Å². The van der Waals surface area contributed by atoms with Crippen LogP contribution in [0, 0.1) is 3.57 Å². The second kappa shape index (κ2) is 10.0. The van der Waals surface area contributed by atoms with Crippen molar-refractivity contribution in [2.45, 2.75) is 0 Å². The number of amides is 2. The molecule has 0 bridgehead atoms. The second-order valence-corrected chi connectivity index (χ2v) is 6.64. The molecule has 2 aromatic carbocycles. The zero-order chi connectivity index (χ0) is 18.9. The summed E-state index contributed by atoms with van der Waals surface area (Å²) in [5, 5.41) is 2.65. The number of carbonyl (C=O) groups excluding carboxylic acids is 2. The Hall–Kier alpha value is -2.29. The molecule has 2 rings (SSSR count). The minimum Gasteiger partial charge on any atom is -0.493 e. The molecule has 0 saturated carbocycles. The molecule has 0 unspecified atom stereocenters. The van der Waals surface area contributed by atoms with Gasteiger partial charge < -0.3 is 19.7 Å². The molecule has 0 aliphatic carbocycles. The van der Waals surface area contributed by atoms with E-state index in [4.69, 9.17) is 9.47 Å². The Labute approximate surface area is 166 Å². The maximum absolute atomic E-state index is 12.2. The van der Waals surface area contributed by atoms with Crippen LogP contribution in [0.15, 0.2) is 48.5 Å². The van der Waals surface area contributed by atoms with E-state index in [0.717, 1.165) is 3.57 Å². The molecule has 0 aliphatic rings. The van der Waals surface area contributed by atoms with Crippen molar-refractivity contribution in [1.82, 2.24) is 10.2 Å². The summed E-state index contributed by atoms with van der Waals surface area (Å²) in [6.07, 6.45) is 0. The third-order valence-corrected chi connectivity index (χ3v) is 4.64. The Morgan fingerprint density at radius 1 is 1.08 bits per heavy atom. The van der Waals surface area contributed by atoms with E-state index in [1.54, 1.807) is 26.3 Å². The molecule has 0 aliphatic heterocycles. The Kier molecular flexibility index (Phi) is 7.71. The van der Waals surface area contributed by atoms with Crippen LogP contribution in [0.1, 0.15) is 10.4 Å². The molecule has 0 fully saturated rings. The standard InChI is InChI=1S/C19H21IN2O4/c1-22(11-12-26-17-10-6-5-9-16(17)25-2)18(23)13-21-19(24)14-7-3-4-8-15(14)20/h3-10H,11-13H2,1-2H3,(H,21,24). The zero-order valence-corrected chi connectivity index (χ0v) is 16.9. The fourth-order valence-electron chi connectivity index (χ4n) is 2.19. The summed E-state index contributed by atoms with van der Waals surface area (Å²) in [6.45, 7) is 0.664. The monoisotopic (exact) mass is 468 g/mol. The van der Waals surface area contributed by atoms with Crippen molar-refractivity contribution in [3.8, 4) is 11.5 Å². The first-order chi connectivity index (χ1) is 12.5. The molecule has 2 amide bonds. The first kappa shape index (κ1) is 20.0. The first-order valence-electron chi connectivity index (χ1n) is 8.05. The van der Waals surface area contributed by atoms with Crippen LogP contribution in [-0.4, -0.2) is 50.6 Å². The van der Waals surface area contributed by atoms with Gasteiger partial charge in [0, 0.05) is 10.6 Å². The molecule has 0 radical (unpaired) electrons. The Morgan fingerprint density at radius 3 is 2.42 bits per heavy atom. The van der Waals surface area contributed by atoms with Gasteiger partial charge in [-0.3, -0.25) is 9.59 Å². The summed E-state index contributed by atoms with van der Waals surface area (Å²) < 4.78 is 11.7. The highest BCUT2D eigenvalue weighted by atomic mass is 127. The molecule has 0 atom stereocenters. The Morgan fingerprint density at radius 2 is 1.73 bits per heavy atom. The minimum absolute atomic E-state index is 0.0605. The fourth-order valence-corrected chi connectivity index (χ4v) is 2.82. The number of likely N-dealkylation sites (N-methyl/N-ethyl adjacent to an activating group) is 1. The van der Waals surface area contributed by atoms with Crippen molar-refractivity contribution >= 4 is 34.4 Å². The van der Waals surface area contributed by atoms with Crippen molar-refractivity contribution in [3.05, 3.63) is 57.7 Å². The highest BCUT2D eigenvalue weighted by molar-refractivity contribution is 14.1. The third-order valence-electron chi connectivity index (χ3n) is 3.70. The van der Waals surface area contributed by atoms with Crippen LogP contribution in [0.5, 0.6) is 11.5 Å². The van der Waals surface area contributed by atoms with Gasteiger partial charge in [0.15, 0.2) is 11.5 Å². The molecule has 0 saturated heterocycles. The number of nitrogens with one attached hydrogen (secondary N) is 1. The largest absolute Gasteiger partial charge is 0.493 e. The van der Waals surface area contributed by atoms with Crippen LogP contribution in [0.4, 0.5) is 0 Å². The van der Waals surface area contributed by atoms with Gasteiger partial charge in [0.25, 0.3) is 5.91 Å². The molecule has 26 heavy (non-hydrogen) atoms. The maximum atomic E-state index is 12.2. The highest BCUT2D eigenvalue weighted by Crippen LogP contribution is 2.25. The van der Waals surface area contributed by atoms with Crippen molar-refractivity contribution in [2.24, 2.45) is 0 Å². The molecule has 0 aromatic heterocycles. The number of hydrogen-bond acceptors (Lipinski definition) is 4. The van der Waals surface area contributed by atoms with Gasteiger partial charge in [-0.05, 0) is 46.9 Å². The van der Waals surface area contributed by atoms with Crippen molar-refractivity contribution < 1.29 is 19.1 Å². The van der Waals surface area contributed by atoms with E-state index >= 15 is 0 Å². The number of methoxy groups -OCH3 is 1. The van der Waals surface area contributed by atoms with Gasteiger partial charge in [0.2, 0.25) is 5.91 Å². The van der Waals surface area contributed by atoms with Gasteiger partial charge >= 0.3 is 0 Å². The van der Waals surface area contributed by atoms with Crippen LogP contribution in [-0.2, 0) is 4.79 Å². The average Bonchev–Trinajstić information content (AvgIpc) is 2.66. The number of ether oxygens (including phenoxy) is 2. The number of nitrogens with zero attached hydrogens (tertiary/aromatic N) is 1. The lowest BCUT2D eigenvalue weighted by atomic mass is 10.2. The van der Waals surface area contributed by atoms with Gasteiger partial charge in [0.1, 0.15) is 6.61 Å². The summed E-state index contributed by atoms with van der Waals surface area (Å²) in [5.74, 6) is 0.823. The normalized spacial score (nSPS) is 10.1. The van der Waals surface area contributed by atoms with Crippen LogP contribution < -0.4 is 14.8 Å². The number of para-hydroxylation sites is 2. The van der Waals surface area contributed by atoms with E-state index in [1.807, 2.05) is 36.4 Å². The number of benzene rings is 2. The molecule has 2 aromatic rings. The van der Waals surface area contributed by atoms with Gasteiger partial charge in [-0.1, -0.05) is 24.3 Å². The van der Waals surface area contributed by atoms with Crippen LogP contribution in [0.25, 0.3) is 0 Å². The second-order valence-electron chi connectivity index (χ2n) is 5.48. The molecule has 0 heterocycles. The summed E-state index contributed by atoms with van der Waals surface area (Å²) in [4.78, 5) is 25.8. The van der Waals surface area contributed by atoms with Crippen molar-refractivity contribution in [3.63, 3.8) is 0 Å². The van der Waals surface area contributed by atoms with Gasteiger partial charge in [-0.25, -0.2) is 0 Å². The summed E-state index contributed by atoms with van der Waals surface area (Å²) in [5.41, 5.74) is 0.558. The number of carbonyl (C=O) groups is 2. The average molecular weight is 468 g/mol. The lowest BCUT2D eigenvalue weighted by Gasteiger charge is -2.18. The fraction of sp³-hybridized carbons (Fsp3) is 0.263. The lowest BCUT2D eigenvalue weighted by molar-refractivity contribution is -0.129. The summed E-state index contributed by atoms with van der Waals surface area (Å²) in [7, 11) is 3.25. The SMILES string of the molecule is COc1ccccc1OCCN(C)C(=O)CNC(=O)c1ccccc1I. The number of halogens is 1. The molecule has 0 spiro atoms. The van der Waals surface area contributed by atoms with E-state index < -0.39 is 0 Å². The maximum Gasteiger partial charge on any atom is 0.252 e. The molecule has 1 N–H and O–H groups in total. The van der Waals surface area contributed by atoms with Crippen LogP contribution >= 0.6 is 22.6 Å².